The highest BCUT2D eigenvalue weighted by atomic mass is 32.2. The number of aryl methyl sites for hydroxylation is 2. The van der Waals surface area contributed by atoms with Crippen molar-refractivity contribution in [1.29, 1.82) is 0 Å². The van der Waals surface area contributed by atoms with Crippen molar-refractivity contribution in [3.8, 4) is 0 Å². The molecule has 2 aliphatic heterocycles. The van der Waals surface area contributed by atoms with Crippen LogP contribution in [0.15, 0.2) is 47.4 Å². The molecular weight excluding hydrogens is 656 g/mol. The van der Waals surface area contributed by atoms with Gasteiger partial charge in [-0.2, -0.15) is 26.3 Å². The van der Waals surface area contributed by atoms with Crippen molar-refractivity contribution in [3.63, 3.8) is 0 Å². The van der Waals surface area contributed by atoms with E-state index in [-0.39, 0.29) is 49.1 Å². The summed E-state index contributed by atoms with van der Waals surface area (Å²) < 4.78 is 99.6. The molecule has 1 fully saturated rings. The normalized spacial score (nSPS) is 19.4. The lowest BCUT2D eigenvalue weighted by molar-refractivity contribution is -0.376. The highest BCUT2D eigenvalue weighted by molar-refractivity contribution is 7.86. The van der Waals surface area contributed by atoms with Gasteiger partial charge in [0.1, 0.15) is 5.60 Å². The molecular formula is C31H39F6N3O6S. The zero-order valence-electron chi connectivity index (χ0n) is 26.3. The predicted octanol–water partition coefficient (Wildman–Crippen LogP) is 5.26. The van der Waals surface area contributed by atoms with Gasteiger partial charge in [-0.05, 0) is 70.7 Å². The van der Waals surface area contributed by atoms with Crippen LogP contribution in [0, 0.1) is 12.8 Å². The van der Waals surface area contributed by atoms with Crippen molar-refractivity contribution in [2.24, 2.45) is 11.7 Å². The van der Waals surface area contributed by atoms with Gasteiger partial charge in [-0.1, -0.05) is 29.8 Å². The van der Waals surface area contributed by atoms with E-state index in [4.69, 9.17) is 15.6 Å². The molecule has 2 aliphatic rings. The van der Waals surface area contributed by atoms with Gasteiger partial charge in [-0.3, -0.25) is 9.10 Å². The molecule has 2 heterocycles. The van der Waals surface area contributed by atoms with E-state index in [1.165, 1.54) is 4.31 Å². The first-order valence-electron chi connectivity index (χ1n) is 14.7. The number of nitrogens with zero attached hydrogens (tertiary/aromatic N) is 2. The molecule has 1 saturated heterocycles. The van der Waals surface area contributed by atoms with Crippen LogP contribution in [0.25, 0.3) is 0 Å². The Morgan fingerprint density at radius 3 is 2.09 bits per heavy atom. The Balaban J connectivity index is 0.000000358. The van der Waals surface area contributed by atoms with Crippen LogP contribution >= 0.6 is 0 Å². The number of carbonyl (C=O) groups is 2. The van der Waals surface area contributed by atoms with Gasteiger partial charge in [0.25, 0.3) is 5.60 Å². The van der Waals surface area contributed by atoms with E-state index in [1.54, 1.807) is 29.2 Å². The van der Waals surface area contributed by atoms with E-state index < -0.39 is 52.1 Å². The van der Waals surface area contributed by atoms with Gasteiger partial charge in [0.2, 0.25) is 5.91 Å². The Bertz CT molecular complexity index is 1430. The number of alkyl halides is 6. The minimum absolute atomic E-state index is 0.00544. The van der Waals surface area contributed by atoms with E-state index >= 15 is 0 Å². The molecule has 9 nitrogen and oxygen atoms in total. The first-order chi connectivity index (χ1) is 21.6. The SMILES string of the molecule is CC(C)(C)OC(=O)N1CCC(CO)C1.Cc1ccc(S(=O)N2c3ccc(C(O)(C(F)(F)F)C(F)(F)F)cc3CC[C@H]2CC(N)=O)cc1. The van der Waals surface area contributed by atoms with E-state index in [0.29, 0.717) is 30.1 Å². The lowest BCUT2D eigenvalue weighted by Crippen LogP contribution is -2.54. The molecule has 0 aromatic heterocycles. The number of nitrogens with two attached hydrogens (primary N) is 1. The molecule has 3 atom stereocenters. The fourth-order valence-electron chi connectivity index (χ4n) is 5.23. The molecule has 0 spiro atoms. The Morgan fingerprint density at radius 1 is 1.00 bits per heavy atom. The van der Waals surface area contributed by atoms with Gasteiger partial charge in [0.05, 0.1) is 16.6 Å². The second-order valence-corrected chi connectivity index (χ2v) is 13.9. The number of aliphatic hydroxyl groups excluding tert-OH is 1. The summed E-state index contributed by atoms with van der Waals surface area (Å²) in [6.45, 7) is 8.83. The van der Waals surface area contributed by atoms with Crippen LogP contribution in [0.1, 0.15) is 56.7 Å². The summed E-state index contributed by atoms with van der Waals surface area (Å²) in [5.74, 6) is -0.475. The number of amides is 2. The quantitative estimate of drug-likeness (QED) is 0.353. The van der Waals surface area contributed by atoms with Crippen LogP contribution in [0.5, 0.6) is 0 Å². The van der Waals surface area contributed by atoms with E-state index in [0.717, 1.165) is 18.1 Å². The highest BCUT2D eigenvalue weighted by Gasteiger charge is 2.71. The van der Waals surface area contributed by atoms with E-state index in [2.05, 4.69) is 0 Å². The first-order valence-corrected chi connectivity index (χ1v) is 15.8. The molecule has 2 unspecified atom stereocenters. The van der Waals surface area contributed by atoms with Crippen LogP contribution in [-0.4, -0.2) is 75.0 Å². The highest BCUT2D eigenvalue weighted by Crippen LogP contribution is 2.51. The zero-order chi connectivity index (χ0) is 35.5. The molecule has 0 radical (unpaired) electrons. The van der Waals surface area contributed by atoms with Crippen molar-refractivity contribution < 1.29 is 55.1 Å². The number of fused-ring (bicyclic) bond motifs is 1. The van der Waals surface area contributed by atoms with Crippen LogP contribution in [0.2, 0.25) is 0 Å². The third-order valence-electron chi connectivity index (χ3n) is 7.67. The summed E-state index contributed by atoms with van der Waals surface area (Å²) >= 11 is 0. The summed E-state index contributed by atoms with van der Waals surface area (Å²) in [6.07, 6.45) is -11.6. The molecule has 2 amide bonds. The number of primary amides is 1. The molecule has 4 N–H and O–H groups in total. The molecule has 2 aromatic carbocycles. The maximum Gasteiger partial charge on any atom is 0.430 e. The Morgan fingerprint density at radius 2 is 1.60 bits per heavy atom. The van der Waals surface area contributed by atoms with Crippen molar-refractivity contribution in [3.05, 3.63) is 59.2 Å². The number of rotatable bonds is 6. The molecule has 0 aliphatic carbocycles. The minimum atomic E-state index is -6.02. The fraction of sp³-hybridized carbons (Fsp3) is 0.548. The van der Waals surface area contributed by atoms with Crippen molar-refractivity contribution in [2.45, 2.75) is 87.9 Å². The van der Waals surface area contributed by atoms with Gasteiger partial charge in [-0.25, -0.2) is 9.00 Å². The maximum atomic E-state index is 13.3. The lowest BCUT2D eigenvalue weighted by Gasteiger charge is -2.38. The van der Waals surface area contributed by atoms with Gasteiger partial charge < -0.3 is 25.6 Å². The van der Waals surface area contributed by atoms with Crippen LogP contribution in [0.4, 0.5) is 36.8 Å². The second-order valence-electron chi connectivity index (χ2n) is 12.6. The minimum Gasteiger partial charge on any atom is -0.444 e. The molecule has 0 bridgehead atoms. The van der Waals surface area contributed by atoms with Crippen LogP contribution in [0.3, 0.4) is 0 Å². The Hall–Kier alpha value is -3.37. The Kier molecular flexibility index (Phi) is 11.7. The summed E-state index contributed by atoms with van der Waals surface area (Å²) in [5.41, 5.74) is -0.596. The van der Waals surface area contributed by atoms with Crippen molar-refractivity contribution in [1.82, 2.24) is 4.90 Å². The summed E-state index contributed by atoms with van der Waals surface area (Å²) in [7, 11) is -1.93. The monoisotopic (exact) mass is 695 g/mol. The predicted molar refractivity (Wildman–Crippen MR) is 161 cm³/mol. The molecule has 0 saturated carbocycles. The summed E-state index contributed by atoms with van der Waals surface area (Å²) in [4.78, 5) is 25.1. The number of anilines is 1. The molecule has 16 heteroatoms. The molecule has 2 aromatic rings. The number of hydrogen-bond acceptors (Lipinski definition) is 6. The smallest absolute Gasteiger partial charge is 0.430 e. The largest absolute Gasteiger partial charge is 0.444 e. The zero-order valence-corrected chi connectivity index (χ0v) is 27.1. The van der Waals surface area contributed by atoms with Crippen LogP contribution in [-0.2, 0) is 32.5 Å². The fourth-order valence-corrected chi connectivity index (χ4v) is 6.64. The number of ether oxygens (including phenoxy) is 1. The average molecular weight is 696 g/mol. The van der Waals surface area contributed by atoms with Gasteiger partial charge in [0.15, 0.2) is 11.0 Å². The number of likely N-dealkylation sites (tertiary alicyclic amines) is 1. The Labute approximate surface area is 271 Å². The number of carbonyl (C=O) groups excluding carboxylic acids is 2. The molecule has 262 valence electrons. The molecule has 47 heavy (non-hydrogen) atoms. The molecule has 4 rings (SSSR count). The third-order valence-corrected chi connectivity index (χ3v) is 9.20. The standard InChI is InChI=1S/C21H20F6N2O3S.C10H19NO3/c1-12-2-7-16(8-3-12)33(32)29-15(11-18(28)30)6-4-13-10-14(5-9-17(13)29)19(31,20(22,23)24)21(25,26)27;1-10(2,3)14-9(13)11-5-4-8(6-11)7-12/h2-3,5,7-10,15,31H,4,6,11H2,1H3,(H2,28,30);8,12H,4-7H2,1-3H3/t15-,33?;/m0./s1. The number of benzene rings is 2. The van der Waals surface area contributed by atoms with Crippen molar-refractivity contribution in [2.75, 3.05) is 24.0 Å². The lowest BCUT2D eigenvalue weighted by atomic mass is 9.87. The second kappa shape index (κ2) is 14.4. The summed E-state index contributed by atoms with van der Waals surface area (Å²) in [6, 6.07) is 7.91. The third kappa shape index (κ3) is 8.96. The number of aliphatic hydroxyl groups is 2. The van der Waals surface area contributed by atoms with E-state index in [1.807, 2.05) is 27.7 Å². The average Bonchev–Trinajstić information content (AvgIpc) is 3.44. The van der Waals surface area contributed by atoms with Crippen LogP contribution < -0.4 is 10.0 Å². The van der Waals surface area contributed by atoms with Crippen molar-refractivity contribution >= 4 is 28.7 Å². The van der Waals surface area contributed by atoms with E-state index in [9.17, 15) is 45.2 Å². The first kappa shape index (κ1) is 38.1. The topological polar surface area (TPSA) is 133 Å². The van der Waals surface area contributed by atoms with Gasteiger partial charge in [-0.15, -0.1) is 0 Å². The number of hydrogen-bond donors (Lipinski definition) is 3. The summed E-state index contributed by atoms with van der Waals surface area (Å²) in [5, 5.41) is 18.6. The maximum absolute atomic E-state index is 13.3. The van der Waals surface area contributed by atoms with Gasteiger partial charge in [0, 0.05) is 37.6 Å². The number of halogens is 6. The van der Waals surface area contributed by atoms with Gasteiger partial charge >= 0.3 is 18.4 Å².